The number of nitrogens with zero attached hydrogens (tertiary/aromatic N) is 2. The molecule has 0 aliphatic carbocycles. The molecule has 8 heteroatoms. The number of rotatable bonds is 7. The lowest BCUT2D eigenvalue weighted by molar-refractivity contribution is -0.138. The first-order valence-corrected chi connectivity index (χ1v) is 9.25. The Morgan fingerprint density at radius 3 is 2.37 bits per heavy atom. The van der Waals surface area contributed by atoms with Gasteiger partial charge in [-0.2, -0.15) is 13.2 Å². The molecule has 3 aromatic rings. The van der Waals surface area contributed by atoms with Crippen LogP contribution in [0.25, 0.3) is 11.5 Å². The van der Waals surface area contributed by atoms with E-state index < -0.39 is 11.7 Å². The minimum Gasteiger partial charge on any atom is -0.493 e. The van der Waals surface area contributed by atoms with Crippen LogP contribution in [0.1, 0.15) is 22.6 Å². The van der Waals surface area contributed by atoms with Gasteiger partial charge in [0.15, 0.2) is 11.5 Å². The highest BCUT2D eigenvalue weighted by atomic mass is 19.4. The van der Waals surface area contributed by atoms with Crippen LogP contribution in [0.15, 0.2) is 46.9 Å². The molecule has 1 aromatic heterocycles. The Kier molecular flexibility index (Phi) is 6.36. The normalized spacial score (nSPS) is 11.7. The Labute approximate surface area is 173 Å². The summed E-state index contributed by atoms with van der Waals surface area (Å²) in [4.78, 5) is 6.31. The SMILES string of the molecule is COc1ccc(-c2nc(CN(C)Cc3ccccc3C(F)(F)F)c(C)o2)cc1OC. The maximum atomic E-state index is 13.2. The zero-order chi connectivity index (χ0) is 21.9. The fourth-order valence-corrected chi connectivity index (χ4v) is 3.20. The molecule has 0 unspecified atom stereocenters. The van der Waals surface area contributed by atoms with Crippen LogP contribution < -0.4 is 9.47 Å². The first-order valence-electron chi connectivity index (χ1n) is 9.25. The van der Waals surface area contributed by atoms with Crippen LogP contribution >= 0.6 is 0 Å². The van der Waals surface area contributed by atoms with E-state index >= 15 is 0 Å². The predicted molar refractivity (Wildman–Crippen MR) is 106 cm³/mol. The first kappa shape index (κ1) is 21.7. The summed E-state index contributed by atoms with van der Waals surface area (Å²) in [6.07, 6.45) is -4.39. The third kappa shape index (κ3) is 4.76. The molecule has 0 aliphatic rings. The molecule has 0 saturated heterocycles. The fraction of sp³-hybridized carbons (Fsp3) is 0.318. The minimum absolute atomic E-state index is 0.133. The van der Waals surface area contributed by atoms with Crippen LogP contribution in [-0.4, -0.2) is 31.2 Å². The van der Waals surface area contributed by atoms with Crippen molar-refractivity contribution >= 4 is 0 Å². The number of hydrogen-bond donors (Lipinski definition) is 0. The van der Waals surface area contributed by atoms with Crippen molar-refractivity contribution in [3.05, 3.63) is 65.0 Å². The van der Waals surface area contributed by atoms with Crippen molar-refractivity contribution in [1.29, 1.82) is 0 Å². The Balaban J connectivity index is 1.79. The predicted octanol–water partition coefficient (Wildman–Crippen LogP) is 5.32. The molecule has 0 saturated carbocycles. The molecule has 0 spiro atoms. The van der Waals surface area contributed by atoms with Crippen molar-refractivity contribution in [3.8, 4) is 23.0 Å². The molecule has 3 rings (SSSR count). The molecule has 0 bridgehead atoms. The number of ether oxygens (including phenoxy) is 2. The van der Waals surface area contributed by atoms with Crippen LogP contribution in [0, 0.1) is 6.92 Å². The molecular weight excluding hydrogens is 397 g/mol. The monoisotopic (exact) mass is 420 g/mol. The number of alkyl halides is 3. The number of methoxy groups -OCH3 is 2. The van der Waals surface area contributed by atoms with Gasteiger partial charge in [-0.05, 0) is 43.8 Å². The minimum atomic E-state index is -4.39. The second kappa shape index (κ2) is 8.79. The average Bonchev–Trinajstić information content (AvgIpc) is 3.07. The van der Waals surface area contributed by atoms with Crippen molar-refractivity contribution in [1.82, 2.24) is 9.88 Å². The summed E-state index contributed by atoms with van der Waals surface area (Å²) in [6, 6.07) is 10.9. The van der Waals surface area contributed by atoms with E-state index in [1.54, 1.807) is 57.4 Å². The second-order valence-electron chi connectivity index (χ2n) is 6.92. The zero-order valence-electron chi connectivity index (χ0n) is 17.2. The van der Waals surface area contributed by atoms with Crippen LogP contribution in [0.2, 0.25) is 0 Å². The van der Waals surface area contributed by atoms with E-state index in [0.717, 1.165) is 6.07 Å². The summed E-state index contributed by atoms with van der Waals surface area (Å²) in [5.41, 5.74) is 0.965. The fourth-order valence-electron chi connectivity index (χ4n) is 3.20. The van der Waals surface area contributed by atoms with Crippen LogP contribution in [0.4, 0.5) is 13.2 Å². The van der Waals surface area contributed by atoms with E-state index in [2.05, 4.69) is 4.98 Å². The molecular formula is C22H23F3N2O3. The van der Waals surface area contributed by atoms with Crippen LogP contribution in [0.3, 0.4) is 0 Å². The Hall–Kier alpha value is -3.00. The number of oxazole rings is 1. The van der Waals surface area contributed by atoms with Crippen molar-refractivity contribution < 1.29 is 27.1 Å². The van der Waals surface area contributed by atoms with Gasteiger partial charge in [-0.3, -0.25) is 4.90 Å². The maximum Gasteiger partial charge on any atom is 0.416 e. The third-order valence-electron chi connectivity index (χ3n) is 4.71. The molecule has 0 N–H and O–H groups in total. The topological polar surface area (TPSA) is 47.7 Å². The quantitative estimate of drug-likeness (QED) is 0.518. The average molecular weight is 420 g/mol. The van der Waals surface area contributed by atoms with Crippen molar-refractivity contribution in [2.45, 2.75) is 26.2 Å². The number of aryl methyl sites for hydroxylation is 1. The van der Waals surface area contributed by atoms with Crippen LogP contribution in [-0.2, 0) is 19.3 Å². The zero-order valence-corrected chi connectivity index (χ0v) is 17.2. The Morgan fingerprint density at radius 1 is 1.00 bits per heavy atom. The third-order valence-corrected chi connectivity index (χ3v) is 4.71. The van der Waals surface area contributed by atoms with E-state index in [9.17, 15) is 13.2 Å². The number of halogens is 3. The molecule has 1 heterocycles. The van der Waals surface area contributed by atoms with Crippen molar-refractivity contribution in [3.63, 3.8) is 0 Å². The highest BCUT2D eigenvalue weighted by Gasteiger charge is 2.33. The number of benzene rings is 2. The van der Waals surface area contributed by atoms with Crippen molar-refractivity contribution in [2.75, 3.05) is 21.3 Å². The van der Waals surface area contributed by atoms with Gasteiger partial charge in [0.25, 0.3) is 0 Å². The molecule has 0 aliphatic heterocycles. The van der Waals surface area contributed by atoms with E-state index in [1.165, 1.54) is 12.1 Å². The molecule has 160 valence electrons. The van der Waals surface area contributed by atoms with Gasteiger partial charge in [0.2, 0.25) is 5.89 Å². The lowest BCUT2D eigenvalue weighted by Gasteiger charge is -2.19. The van der Waals surface area contributed by atoms with E-state index in [0.29, 0.717) is 41.0 Å². The summed E-state index contributed by atoms with van der Waals surface area (Å²) >= 11 is 0. The summed E-state index contributed by atoms with van der Waals surface area (Å²) in [7, 11) is 4.84. The van der Waals surface area contributed by atoms with Crippen LogP contribution in [0.5, 0.6) is 11.5 Å². The lowest BCUT2D eigenvalue weighted by atomic mass is 10.1. The lowest BCUT2D eigenvalue weighted by Crippen LogP contribution is -2.20. The summed E-state index contributed by atoms with van der Waals surface area (Å²) in [5, 5.41) is 0. The first-order chi connectivity index (χ1) is 14.2. The summed E-state index contributed by atoms with van der Waals surface area (Å²) in [6.45, 7) is 2.26. The summed E-state index contributed by atoms with van der Waals surface area (Å²) < 4.78 is 56.0. The summed E-state index contributed by atoms with van der Waals surface area (Å²) in [5.74, 6) is 2.16. The van der Waals surface area contributed by atoms with Crippen molar-refractivity contribution in [2.24, 2.45) is 0 Å². The van der Waals surface area contributed by atoms with Gasteiger partial charge in [-0.15, -0.1) is 0 Å². The number of aromatic nitrogens is 1. The maximum absolute atomic E-state index is 13.2. The van der Waals surface area contributed by atoms with Gasteiger partial charge in [-0.25, -0.2) is 4.98 Å². The largest absolute Gasteiger partial charge is 0.493 e. The Bertz CT molecular complexity index is 1020. The van der Waals surface area contributed by atoms with E-state index in [-0.39, 0.29) is 12.1 Å². The van der Waals surface area contributed by atoms with E-state index in [1.807, 2.05) is 0 Å². The smallest absolute Gasteiger partial charge is 0.416 e. The second-order valence-corrected chi connectivity index (χ2v) is 6.92. The molecule has 5 nitrogen and oxygen atoms in total. The van der Waals surface area contributed by atoms with E-state index in [4.69, 9.17) is 13.9 Å². The standard InChI is InChI=1S/C22H23F3N2O3/c1-14-18(13-27(2)12-16-7-5-6-8-17(16)22(23,24)25)26-21(30-14)15-9-10-19(28-3)20(11-15)29-4/h5-11H,12-13H2,1-4H3. The molecule has 0 amide bonds. The van der Waals surface area contributed by atoms with Gasteiger partial charge in [0, 0.05) is 18.7 Å². The van der Waals surface area contributed by atoms with Gasteiger partial charge in [-0.1, -0.05) is 18.2 Å². The highest BCUT2D eigenvalue weighted by Crippen LogP contribution is 2.34. The van der Waals surface area contributed by atoms with Gasteiger partial charge in [0.1, 0.15) is 5.76 Å². The van der Waals surface area contributed by atoms with Gasteiger partial charge < -0.3 is 13.9 Å². The molecule has 2 aromatic carbocycles. The number of hydrogen-bond acceptors (Lipinski definition) is 5. The molecule has 30 heavy (non-hydrogen) atoms. The molecule has 0 radical (unpaired) electrons. The molecule has 0 fully saturated rings. The Morgan fingerprint density at radius 2 is 1.70 bits per heavy atom. The van der Waals surface area contributed by atoms with Gasteiger partial charge in [0.05, 0.1) is 25.5 Å². The highest BCUT2D eigenvalue weighted by molar-refractivity contribution is 5.60. The molecule has 0 atom stereocenters. The van der Waals surface area contributed by atoms with Gasteiger partial charge >= 0.3 is 6.18 Å².